The van der Waals surface area contributed by atoms with E-state index in [1.54, 1.807) is 29.7 Å². The molecule has 0 aliphatic carbocycles. The molecule has 3 aromatic rings. The molecule has 0 amide bonds. The van der Waals surface area contributed by atoms with Gasteiger partial charge in [-0.2, -0.15) is 5.26 Å². The van der Waals surface area contributed by atoms with Crippen molar-refractivity contribution >= 4 is 11.8 Å². The lowest BCUT2D eigenvalue weighted by Gasteiger charge is -2.08. The number of halogens is 5. The maximum Gasteiger partial charge on any atom is 0.573 e. The molecule has 2 nitrogen and oxygen atoms in total. The van der Waals surface area contributed by atoms with E-state index in [0.717, 1.165) is 24.3 Å². The summed E-state index contributed by atoms with van der Waals surface area (Å²) in [5.74, 6) is 3.69. The van der Waals surface area contributed by atoms with E-state index in [1.807, 2.05) is 0 Å². The molecule has 0 atom stereocenters. The van der Waals surface area contributed by atoms with E-state index in [9.17, 15) is 22.0 Å². The summed E-state index contributed by atoms with van der Waals surface area (Å²) in [6.07, 6.45) is -4.75. The van der Waals surface area contributed by atoms with Crippen molar-refractivity contribution in [1.29, 1.82) is 5.26 Å². The third-order valence-electron chi connectivity index (χ3n) is 3.80. The molecular formula is C22H10F5NOS. The molecule has 0 unspecified atom stereocenters. The van der Waals surface area contributed by atoms with Gasteiger partial charge < -0.3 is 4.74 Å². The summed E-state index contributed by atoms with van der Waals surface area (Å²) in [7, 11) is 0. The fourth-order valence-corrected chi connectivity index (χ4v) is 2.90. The summed E-state index contributed by atoms with van der Waals surface area (Å²) in [5, 5.41) is 10.2. The van der Waals surface area contributed by atoms with E-state index in [1.165, 1.54) is 12.1 Å². The first-order valence-corrected chi connectivity index (χ1v) is 9.10. The molecule has 0 radical (unpaired) electrons. The molecule has 0 spiro atoms. The number of hydrogen-bond acceptors (Lipinski definition) is 3. The van der Waals surface area contributed by atoms with Crippen molar-refractivity contribution in [2.75, 3.05) is 0 Å². The zero-order valence-electron chi connectivity index (χ0n) is 14.9. The molecule has 0 heterocycles. The number of nitrogens with zero attached hydrogens (tertiary/aromatic N) is 1. The molecule has 3 rings (SSSR count). The Morgan fingerprint density at radius 1 is 0.767 bits per heavy atom. The molecule has 0 N–H and O–H groups in total. The molecule has 30 heavy (non-hydrogen) atoms. The summed E-state index contributed by atoms with van der Waals surface area (Å²) < 4.78 is 68.2. The van der Waals surface area contributed by atoms with Crippen molar-refractivity contribution in [2.24, 2.45) is 0 Å². The molecule has 0 aliphatic heterocycles. The topological polar surface area (TPSA) is 33.0 Å². The Morgan fingerprint density at radius 2 is 1.27 bits per heavy atom. The van der Waals surface area contributed by atoms with Crippen LogP contribution in [-0.2, 0) is 0 Å². The van der Waals surface area contributed by atoms with Crippen LogP contribution >= 0.6 is 11.8 Å². The van der Waals surface area contributed by atoms with Crippen LogP contribution in [0.4, 0.5) is 22.0 Å². The lowest BCUT2D eigenvalue weighted by Crippen LogP contribution is -2.16. The molecule has 0 aliphatic rings. The van der Waals surface area contributed by atoms with Gasteiger partial charge in [0.2, 0.25) is 0 Å². The van der Waals surface area contributed by atoms with Gasteiger partial charge in [0.15, 0.2) is 0 Å². The van der Waals surface area contributed by atoms with Crippen LogP contribution < -0.4 is 4.74 Å². The standard InChI is InChI=1S/C22H10F5NOS/c23-19-11-17(12-20(24)21(19)30-13-28)16-7-3-14(4-8-16)1-2-15-5-9-18(10-6-15)29-22(25,26)27/h3-12H. The van der Waals surface area contributed by atoms with Crippen LogP contribution in [0.1, 0.15) is 11.1 Å². The quantitative estimate of drug-likeness (QED) is 0.205. The first-order chi connectivity index (χ1) is 14.2. The Hall–Kier alpha value is -3.49. The van der Waals surface area contributed by atoms with Gasteiger partial charge in [-0.25, -0.2) is 8.78 Å². The summed E-state index contributed by atoms with van der Waals surface area (Å²) in [6.45, 7) is 0. The van der Waals surface area contributed by atoms with Crippen LogP contribution in [0, 0.1) is 34.1 Å². The number of ether oxygens (including phenoxy) is 1. The highest BCUT2D eigenvalue weighted by Gasteiger charge is 2.30. The Labute approximate surface area is 172 Å². The summed E-state index contributed by atoms with van der Waals surface area (Å²) in [6, 6.07) is 14.0. The number of rotatable bonds is 3. The molecule has 0 saturated carbocycles. The second kappa shape index (κ2) is 8.89. The van der Waals surface area contributed by atoms with Crippen LogP contribution in [0.25, 0.3) is 11.1 Å². The smallest absolute Gasteiger partial charge is 0.406 e. The first kappa shape index (κ1) is 21.2. The van der Waals surface area contributed by atoms with Crippen molar-refractivity contribution in [3.63, 3.8) is 0 Å². The Kier molecular flexibility index (Phi) is 6.29. The third kappa shape index (κ3) is 5.53. The lowest BCUT2D eigenvalue weighted by atomic mass is 10.0. The lowest BCUT2D eigenvalue weighted by molar-refractivity contribution is -0.274. The van der Waals surface area contributed by atoms with Gasteiger partial charge >= 0.3 is 6.36 Å². The van der Waals surface area contributed by atoms with Crippen molar-refractivity contribution < 1.29 is 26.7 Å². The average Bonchev–Trinajstić information content (AvgIpc) is 2.69. The van der Waals surface area contributed by atoms with Crippen molar-refractivity contribution in [1.82, 2.24) is 0 Å². The van der Waals surface area contributed by atoms with Crippen LogP contribution in [0.5, 0.6) is 5.75 Å². The van der Waals surface area contributed by atoms with E-state index in [4.69, 9.17) is 5.26 Å². The summed E-state index contributed by atoms with van der Waals surface area (Å²) >= 11 is 0.417. The molecule has 3 aromatic carbocycles. The Bertz CT molecular complexity index is 1130. The molecule has 0 bridgehead atoms. The van der Waals surface area contributed by atoms with Crippen molar-refractivity contribution in [2.45, 2.75) is 11.3 Å². The minimum absolute atomic E-state index is 0.312. The maximum atomic E-state index is 14.0. The van der Waals surface area contributed by atoms with E-state index >= 15 is 0 Å². The van der Waals surface area contributed by atoms with Gasteiger partial charge in [-0.05, 0) is 71.4 Å². The second-order valence-corrected chi connectivity index (χ2v) is 6.66. The number of benzene rings is 3. The van der Waals surface area contributed by atoms with E-state index < -0.39 is 18.0 Å². The predicted octanol–water partition coefficient (Wildman–Crippen LogP) is 6.50. The molecule has 0 saturated heterocycles. The zero-order valence-corrected chi connectivity index (χ0v) is 15.7. The van der Waals surface area contributed by atoms with Gasteiger partial charge in [-0.3, -0.25) is 0 Å². The van der Waals surface area contributed by atoms with Gasteiger partial charge in [0, 0.05) is 11.1 Å². The van der Waals surface area contributed by atoms with Crippen molar-refractivity contribution in [3.8, 4) is 34.1 Å². The van der Waals surface area contributed by atoms with Crippen LogP contribution in [-0.4, -0.2) is 6.36 Å². The van der Waals surface area contributed by atoms with Crippen molar-refractivity contribution in [3.05, 3.63) is 83.4 Å². The minimum atomic E-state index is -4.75. The largest absolute Gasteiger partial charge is 0.573 e. The molecule has 0 fully saturated rings. The molecular weight excluding hydrogens is 421 g/mol. The average molecular weight is 431 g/mol. The second-order valence-electron chi connectivity index (χ2n) is 5.86. The normalized spacial score (nSPS) is 10.7. The number of nitriles is 1. The maximum absolute atomic E-state index is 14.0. The monoisotopic (exact) mass is 431 g/mol. The van der Waals surface area contributed by atoms with Crippen LogP contribution in [0.2, 0.25) is 0 Å². The number of thioether (sulfide) groups is 1. The SMILES string of the molecule is N#CSc1c(F)cc(-c2ccc(C#Cc3ccc(OC(F)(F)F)cc3)cc2)cc1F. The van der Waals surface area contributed by atoms with E-state index in [-0.39, 0.29) is 10.6 Å². The predicted molar refractivity (Wildman–Crippen MR) is 102 cm³/mol. The highest BCUT2D eigenvalue weighted by molar-refractivity contribution is 8.03. The fourth-order valence-electron chi connectivity index (χ4n) is 2.50. The highest BCUT2D eigenvalue weighted by atomic mass is 32.2. The molecule has 8 heteroatoms. The van der Waals surface area contributed by atoms with Crippen LogP contribution in [0.15, 0.2) is 65.6 Å². The first-order valence-electron chi connectivity index (χ1n) is 8.28. The third-order valence-corrected chi connectivity index (χ3v) is 4.49. The van der Waals surface area contributed by atoms with Gasteiger partial charge in [-0.1, -0.05) is 24.0 Å². The van der Waals surface area contributed by atoms with Gasteiger partial charge in [0.25, 0.3) is 0 Å². The Morgan fingerprint density at radius 3 is 1.73 bits per heavy atom. The number of thiocyanates is 1. The number of hydrogen-bond donors (Lipinski definition) is 0. The van der Waals surface area contributed by atoms with Gasteiger partial charge in [0.05, 0.1) is 4.90 Å². The van der Waals surface area contributed by atoms with E-state index in [0.29, 0.717) is 34.0 Å². The fraction of sp³-hybridized carbons (Fsp3) is 0.0455. The highest BCUT2D eigenvalue weighted by Crippen LogP contribution is 2.30. The number of alkyl halides is 3. The molecule has 150 valence electrons. The van der Waals surface area contributed by atoms with Crippen LogP contribution in [0.3, 0.4) is 0 Å². The van der Waals surface area contributed by atoms with E-state index in [2.05, 4.69) is 16.6 Å². The zero-order chi connectivity index (χ0) is 21.7. The van der Waals surface area contributed by atoms with Gasteiger partial charge in [-0.15, -0.1) is 13.2 Å². The minimum Gasteiger partial charge on any atom is -0.406 e. The molecule has 0 aromatic heterocycles. The van der Waals surface area contributed by atoms with Gasteiger partial charge in [0.1, 0.15) is 22.8 Å². The summed E-state index contributed by atoms with van der Waals surface area (Å²) in [4.78, 5) is -0.351. The summed E-state index contributed by atoms with van der Waals surface area (Å²) in [5.41, 5.74) is 1.96. The Balaban J connectivity index is 1.75.